The normalized spacial score (nSPS) is 11.2. The van der Waals surface area contributed by atoms with E-state index in [2.05, 4.69) is 0 Å². The molecule has 0 saturated carbocycles. The van der Waals surface area contributed by atoms with Gasteiger partial charge in [0.25, 0.3) is 0 Å². The van der Waals surface area contributed by atoms with Crippen LogP contribution in [0.5, 0.6) is 5.75 Å². The number of benzene rings is 4. The van der Waals surface area contributed by atoms with Gasteiger partial charge in [-0.2, -0.15) is 0 Å². The van der Waals surface area contributed by atoms with Gasteiger partial charge in [0, 0.05) is 28.6 Å². The minimum Gasteiger partial charge on any atom is -0.508 e. The van der Waals surface area contributed by atoms with E-state index in [4.69, 9.17) is 9.15 Å². The predicted molar refractivity (Wildman–Crippen MR) is 115 cm³/mol. The summed E-state index contributed by atoms with van der Waals surface area (Å²) in [5.74, 6) is -0.0434. The molecule has 5 nitrogen and oxygen atoms in total. The second kappa shape index (κ2) is 6.74. The van der Waals surface area contributed by atoms with Crippen LogP contribution in [0.3, 0.4) is 0 Å². The maximum atomic E-state index is 12.7. The number of phenols is 1. The van der Waals surface area contributed by atoms with Crippen molar-refractivity contribution in [3.8, 4) is 28.2 Å². The summed E-state index contributed by atoms with van der Waals surface area (Å²) in [7, 11) is 1.35. The second-order valence-electron chi connectivity index (χ2n) is 7.05. The standard InChI is InChI=1S/C25H16O5/c1-29-25(28)21-11-15-5-3-2-4-14(15)10-20(21)24-18-8-6-16(26)12-22(18)30-23-13-17(27)7-9-19(23)24/h2-13,26H,1H3. The summed E-state index contributed by atoms with van der Waals surface area (Å²) >= 11 is 0. The molecule has 0 aromatic heterocycles. The number of esters is 1. The first-order chi connectivity index (χ1) is 14.5. The molecule has 2 aliphatic rings. The monoisotopic (exact) mass is 396 g/mol. The Bertz CT molecular complexity index is 1480. The van der Waals surface area contributed by atoms with E-state index in [0.717, 1.165) is 16.3 Å². The van der Waals surface area contributed by atoms with Crippen molar-refractivity contribution in [1.29, 1.82) is 0 Å². The lowest BCUT2D eigenvalue weighted by Gasteiger charge is -2.18. The molecule has 5 heteroatoms. The SMILES string of the molecule is COC(=O)c1cc2ccccc2cc1-c1c2ccc(=O)cc-2oc2cc(O)ccc12. The molecule has 30 heavy (non-hydrogen) atoms. The van der Waals surface area contributed by atoms with Gasteiger partial charge in [-0.25, -0.2) is 4.79 Å². The first-order valence-corrected chi connectivity index (χ1v) is 9.36. The van der Waals surface area contributed by atoms with Gasteiger partial charge in [0.1, 0.15) is 17.1 Å². The Morgan fingerprint density at radius 1 is 0.900 bits per heavy atom. The van der Waals surface area contributed by atoms with E-state index in [0.29, 0.717) is 33.4 Å². The number of carbonyl (C=O) groups excluding carboxylic acids is 1. The molecule has 0 atom stereocenters. The van der Waals surface area contributed by atoms with Gasteiger partial charge in [-0.3, -0.25) is 4.79 Å². The largest absolute Gasteiger partial charge is 0.508 e. The number of aromatic hydroxyl groups is 1. The molecule has 0 amide bonds. The number of phenolic OH excluding ortho intramolecular Hbond substituents is 1. The van der Waals surface area contributed by atoms with Crippen molar-refractivity contribution in [2.24, 2.45) is 0 Å². The van der Waals surface area contributed by atoms with Crippen LogP contribution in [0.15, 0.2) is 82.0 Å². The minimum atomic E-state index is -0.461. The topological polar surface area (TPSA) is 76.7 Å². The molecule has 1 aliphatic carbocycles. The Labute approximate surface area is 171 Å². The number of hydrogen-bond acceptors (Lipinski definition) is 5. The van der Waals surface area contributed by atoms with Gasteiger partial charge in [-0.05, 0) is 52.7 Å². The van der Waals surface area contributed by atoms with Crippen molar-refractivity contribution in [1.82, 2.24) is 0 Å². The lowest BCUT2D eigenvalue weighted by atomic mass is 9.89. The zero-order valence-corrected chi connectivity index (χ0v) is 16.0. The third-order valence-corrected chi connectivity index (χ3v) is 5.24. The Morgan fingerprint density at radius 2 is 1.67 bits per heavy atom. The van der Waals surface area contributed by atoms with E-state index in [1.807, 2.05) is 30.3 Å². The Kier molecular flexibility index (Phi) is 4.03. The van der Waals surface area contributed by atoms with Crippen LogP contribution in [0.25, 0.3) is 44.2 Å². The van der Waals surface area contributed by atoms with Crippen molar-refractivity contribution in [3.05, 3.63) is 88.6 Å². The van der Waals surface area contributed by atoms with Crippen LogP contribution >= 0.6 is 0 Å². The van der Waals surface area contributed by atoms with Crippen molar-refractivity contribution in [2.45, 2.75) is 0 Å². The molecule has 0 spiro atoms. The molecular formula is C25H16O5. The first-order valence-electron chi connectivity index (χ1n) is 9.36. The van der Waals surface area contributed by atoms with Gasteiger partial charge in [0.15, 0.2) is 5.43 Å². The number of fused-ring (bicyclic) bond motifs is 3. The van der Waals surface area contributed by atoms with E-state index in [-0.39, 0.29) is 11.2 Å². The Hall–Kier alpha value is -4.12. The fraction of sp³-hybridized carbons (Fsp3) is 0.0400. The van der Waals surface area contributed by atoms with Crippen LogP contribution in [-0.2, 0) is 4.74 Å². The highest BCUT2D eigenvalue weighted by molar-refractivity contribution is 6.10. The Morgan fingerprint density at radius 3 is 2.43 bits per heavy atom. The molecule has 1 aliphatic heterocycles. The van der Waals surface area contributed by atoms with E-state index >= 15 is 0 Å². The van der Waals surface area contributed by atoms with Crippen LogP contribution in [0.4, 0.5) is 0 Å². The number of ether oxygens (including phenoxy) is 1. The smallest absolute Gasteiger partial charge is 0.338 e. The fourth-order valence-electron chi connectivity index (χ4n) is 3.88. The highest BCUT2D eigenvalue weighted by Gasteiger charge is 2.23. The van der Waals surface area contributed by atoms with Crippen molar-refractivity contribution in [2.75, 3.05) is 7.11 Å². The molecule has 0 radical (unpaired) electrons. The third-order valence-electron chi connectivity index (χ3n) is 5.24. The van der Waals surface area contributed by atoms with Crippen molar-refractivity contribution >= 4 is 27.7 Å². The first kappa shape index (κ1) is 17.9. The third kappa shape index (κ3) is 2.79. The maximum Gasteiger partial charge on any atom is 0.338 e. The molecule has 3 aromatic rings. The summed E-state index contributed by atoms with van der Waals surface area (Å²) in [6.45, 7) is 0. The fourth-order valence-corrected chi connectivity index (χ4v) is 3.88. The quantitative estimate of drug-likeness (QED) is 0.327. The van der Waals surface area contributed by atoms with Crippen LogP contribution in [0, 0.1) is 0 Å². The number of carbonyl (C=O) groups is 1. The average molecular weight is 396 g/mol. The molecule has 146 valence electrons. The van der Waals surface area contributed by atoms with Gasteiger partial charge >= 0.3 is 5.97 Å². The van der Waals surface area contributed by atoms with E-state index in [1.165, 1.54) is 25.3 Å². The second-order valence-corrected chi connectivity index (χ2v) is 7.05. The average Bonchev–Trinajstić information content (AvgIpc) is 2.75. The summed E-state index contributed by atoms with van der Waals surface area (Å²) in [5.41, 5.74) is 2.71. The molecule has 1 N–H and O–H groups in total. The van der Waals surface area contributed by atoms with Crippen LogP contribution in [0.2, 0.25) is 0 Å². The predicted octanol–water partition coefficient (Wildman–Crippen LogP) is 5.21. The van der Waals surface area contributed by atoms with Gasteiger partial charge in [-0.15, -0.1) is 0 Å². The summed E-state index contributed by atoms with van der Waals surface area (Å²) in [5, 5.41) is 12.5. The molecule has 3 aromatic carbocycles. The lowest BCUT2D eigenvalue weighted by molar-refractivity contribution is 0.0602. The summed E-state index contributed by atoms with van der Waals surface area (Å²) in [6.07, 6.45) is 0. The molecular weight excluding hydrogens is 380 g/mol. The number of rotatable bonds is 2. The van der Waals surface area contributed by atoms with Crippen LogP contribution in [0.1, 0.15) is 10.4 Å². The molecule has 1 heterocycles. The van der Waals surface area contributed by atoms with E-state index in [9.17, 15) is 14.7 Å². The number of hydrogen-bond donors (Lipinski definition) is 1. The summed E-state index contributed by atoms with van der Waals surface area (Å²) in [6, 6.07) is 20.9. The minimum absolute atomic E-state index is 0.0431. The molecule has 0 saturated heterocycles. The van der Waals surface area contributed by atoms with E-state index in [1.54, 1.807) is 24.3 Å². The van der Waals surface area contributed by atoms with Gasteiger partial charge < -0.3 is 14.3 Å². The zero-order valence-electron chi connectivity index (χ0n) is 16.0. The molecule has 0 fully saturated rings. The maximum absolute atomic E-state index is 12.7. The Balaban J connectivity index is 1.98. The van der Waals surface area contributed by atoms with Crippen LogP contribution in [-0.4, -0.2) is 18.2 Å². The van der Waals surface area contributed by atoms with Crippen molar-refractivity contribution < 1.29 is 19.1 Å². The van der Waals surface area contributed by atoms with Gasteiger partial charge in [0.2, 0.25) is 0 Å². The molecule has 5 rings (SSSR count). The lowest BCUT2D eigenvalue weighted by Crippen LogP contribution is -2.06. The van der Waals surface area contributed by atoms with Gasteiger partial charge in [0.05, 0.1) is 12.7 Å². The highest BCUT2D eigenvalue weighted by atomic mass is 16.5. The van der Waals surface area contributed by atoms with Gasteiger partial charge in [-0.1, -0.05) is 24.3 Å². The molecule has 0 bridgehead atoms. The zero-order chi connectivity index (χ0) is 20.8. The summed E-state index contributed by atoms with van der Waals surface area (Å²) in [4.78, 5) is 24.6. The highest BCUT2D eigenvalue weighted by Crippen LogP contribution is 2.43. The number of methoxy groups -OCH3 is 1. The van der Waals surface area contributed by atoms with E-state index < -0.39 is 5.97 Å². The van der Waals surface area contributed by atoms with Crippen LogP contribution < -0.4 is 5.43 Å². The summed E-state index contributed by atoms with van der Waals surface area (Å²) < 4.78 is 11.0. The van der Waals surface area contributed by atoms with Crippen molar-refractivity contribution in [3.63, 3.8) is 0 Å². The molecule has 0 unspecified atom stereocenters.